The zero-order chi connectivity index (χ0) is 16.7. The number of benzene rings is 1. The lowest BCUT2D eigenvalue weighted by Gasteiger charge is -2.35. The van der Waals surface area contributed by atoms with Gasteiger partial charge in [0.1, 0.15) is 0 Å². The first-order valence-corrected chi connectivity index (χ1v) is 8.61. The van der Waals surface area contributed by atoms with Crippen molar-refractivity contribution in [1.82, 2.24) is 4.90 Å². The van der Waals surface area contributed by atoms with Crippen molar-refractivity contribution in [2.24, 2.45) is 17.8 Å². The van der Waals surface area contributed by atoms with E-state index in [1.54, 1.807) is 6.07 Å². The highest BCUT2D eigenvalue weighted by atomic mass is 35.5. The summed E-state index contributed by atoms with van der Waals surface area (Å²) in [7, 11) is 0. The minimum absolute atomic E-state index is 0.0165. The van der Waals surface area contributed by atoms with Crippen molar-refractivity contribution < 1.29 is 14.7 Å². The molecule has 1 aromatic carbocycles. The van der Waals surface area contributed by atoms with Gasteiger partial charge in [-0.1, -0.05) is 42.3 Å². The number of carboxylic acids is 1. The van der Waals surface area contributed by atoms with Gasteiger partial charge in [-0.15, -0.1) is 0 Å². The summed E-state index contributed by atoms with van der Waals surface area (Å²) in [6.07, 6.45) is 1.31. The number of piperidine rings is 1. The van der Waals surface area contributed by atoms with E-state index in [9.17, 15) is 14.7 Å². The van der Waals surface area contributed by atoms with Gasteiger partial charge in [0.15, 0.2) is 0 Å². The fraction of sp³-hybridized carbons (Fsp3) is 0.529. The Kier molecular flexibility index (Phi) is 4.56. The van der Waals surface area contributed by atoms with Gasteiger partial charge in [-0.3, -0.25) is 9.59 Å². The fourth-order valence-electron chi connectivity index (χ4n) is 3.57. The predicted molar refractivity (Wildman–Crippen MR) is 88.8 cm³/mol. The average Bonchev–Trinajstić information content (AvgIpc) is 3.29. The SMILES string of the molecule is CC1CN(C(=O)C2CC2c2cccc(Cl)c2Cl)CCC1C(=O)O. The van der Waals surface area contributed by atoms with Gasteiger partial charge >= 0.3 is 5.97 Å². The van der Waals surface area contributed by atoms with Crippen LogP contribution in [-0.4, -0.2) is 35.0 Å². The van der Waals surface area contributed by atoms with E-state index in [4.69, 9.17) is 23.2 Å². The zero-order valence-corrected chi connectivity index (χ0v) is 14.3. The normalized spacial score (nSPS) is 30.1. The van der Waals surface area contributed by atoms with E-state index in [-0.39, 0.29) is 29.6 Å². The van der Waals surface area contributed by atoms with Gasteiger partial charge in [0.2, 0.25) is 5.91 Å². The topological polar surface area (TPSA) is 57.6 Å². The van der Waals surface area contributed by atoms with E-state index < -0.39 is 5.97 Å². The Morgan fingerprint density at radius 2 is 2.00 bits per heavy atom. The van der Waals surface area contributed by atoms with Crippen molar-refractivity contribution in [3.63, 3.8) is 0 Å². The van der Waals surface area contributed by atoms with Crippen LogP contribution in [0.5, 0.6) is 0 Å². The van der Waals surface area contributed by atoms with Gasteiger partial charge in [-0.25, -0.2) is 0 Å². The highest BCUT2D eigenvalue weighted by Crippen LogP contribution is 2.51. The molecule has 0 bridgehead atoms. The highest BCUT2D eigenvalue weighted by Gasteiger charge is 2.48. The van der Waals surface area contributed by atoms with Crippen molar-refractivity contribution in [3.05, 3.63) is 33.8 Å². The first-order chi connectivity index (χ1) is 10.9. The van der Waals surface area contributed by atoms with Crippen LogP contribution < -0.4 is 0 Å². The van der Waals surface area contributed by atoms with Crippen LogP contribution in [0.4, 0.5) is 0 Å². The van der Waals surface area contributed by atoms with Crippen molar-refractivity contribution in [1.29, 1.82) is 0 Å². The van der Waals surface area contributed by atoms with Crippen LogP contribution in [0.1, 0.15) is 31.2 Å². The van der Waals surface area contributed by atoms with Gasteiger partial charge < -0.3 is 10.0 Å². The molecule has 1 heterocycles. The maximum absolute atomic E-state index is 12.7. The van der Waals surface area contributed by atoms with E-state index in [1.807, 2.05) is 24.0 Å². The Morgan fingerprint density at radius 1 is 1.26 bits per heavy atom. The first-order valence-electron chi connectivity index (χ1n) is 7.85. The van der Waals surface area contributed by atoms with E-state index in [1.165, 1.54) is 0 Å². The number of halogens is 2. The number of carbonyl (C=O) groups is 2. The van der Waals surface area contributed by atoms with E-state index >= 15 is 0 Å². The quantitative estimate of drug-likeness (QED) is 0.899. The third kappa shape index (κ3) is 3.20. The first kappa shape index (κ1) is 16.6. The molecule has 124 valence electrons. The second-order valence-electron chi connectivity index (χ2n) is 6.59. The van der Waals surface area contributed by atoms with Crippen LogP contribution in [-0.2, 0) is 9.59 Å². The summed E-state index contributed by atoms with van der Waals surface area (Å²) < 4.78 is 0. The molecule has 0 aromatic heterocycles. The lowest BCUT2D eigenvalue weighted by molar-refractivity contribution is -0.148. The number of carbonyl (C=O) groups excluding carboxylic acids is 1. The smallest absolute Gasteiger partial charge is 0.306 e. The fourth-order valence-corrected chi connectivity index (χ4v) is 4.01. The van der Waals surface area contributed by atoms with E-state index in [0.717, 1.165) is 12.0 Å². The lowest BCUT2D eigenvalue weighted by atomic mass is 9.87. The number of hydrogen-bond donors (Lipinski definition) is 1. The summed E-state index contributed by atoms with van der Waals surface area (Å²) in [5, 5.41) is 10.2. The molecule has 1 N–H and O–H groups in total. The Bertz CT molecular complexity index is 649. The molecule has 2 fully saturated rings. The molecule has 3 rings (SSSR count). The van der Waals surface area contributed by atoms with Gasteiger partial charge in [-0.2, -0.15) is 0 Å². The summed E-state index contributed by atoms with van der Waals surface area (Å²) >= 11 is 12.3. The van der Waals surface area contributed by atoms with Crippen LogP contribution in [0.2, 0.25) is 10.0 Å². The molecule has 23 heavy (non-hydrogen) atoms. The van der Waals surface area contributed by atoms with Crippen molar-refractivity contribution in [3.8, 4) is 0 Å². The van der Waals surface area contributed by atoms with Crippen LogP contribution in [0.15, 0.2) is 18.2 Å². The molecule has 1 amide bonds. The molecule has 0 spiro atoms. The maximum atomic E-state index is 12.7. The molecule has 0 radical (unpaired) electrons. The molecular formula is C17H19Cl2NO3. The van der Waals surface area contributed by atoms with Crippen LogP contribution >= 0.6 is 23.2 Å². The molecule has 1 aromatic rings. The Morgan fingerprint density at radius 3 is 2.65 bits per heavy atom. The molecule has 1 aliphatic heterocycles. The molecule has 1 saturated carbocycles. The molecule has 2 aliphatic rings. The second-order valence-corrected chi connectivity index (χ2v) is 7.37. The molecule has 1 saturated heterocycles. The molecule has 4 nitrogen and oxygen atoms in total. The molecule has 4 unspecified atom stereocenters. The summed E-state index contributed by atoms with van der Waals surface area (Å²) in [5.41, 5.74) is 0.936. The van der Waals surface area contributed by atoms with E-state index in [0.29, 0.717) is 29.6 Å². The molecule has 4 atom stereocenters. The number of rotatable bonds is 3. The monoisotopic (exact) mass is 355 g/mol. The number of aliphatic carboxylic acids is 1. The Hall–Kier alpha value is -1.26. The van der Waals surface area contributed by atoms with Crippen molar-refractivity contribution >= 4 is 35.1 Å². The highest BCUT2D eigenvalue weighted by molar-refractivity contribution is 6.42. The van der Waals surface area contributed by atoms with Gasteiger partial charge in [0.05, 0.1) is 16.0 Å². The number of likely N-dealkylation sites (tertiary alicyclic amines) is 1. The maximum Gasteiger partial charge on any atom is 0.306 e. The number of carboxylic acid groups (broad SMARTS) is 1. The van der Waals surface area contributed by atoms with Gasteiger partial charge in [0.25, 0.3) is 0 Å². The number of nitrogens with zero attached hydrogens (tertiary/aromatic N) is 1. The number of hydrogen-bond acceptors (Lipinski definition) is 2. The summed E-state index contributed by atoms with van der Waals surface area (Å²) in [6, 6.07) is 5.51. The third-order valence-electron chi connectivity index (χ3n) is 5.02. The van der Waals surface area contributed by atoms with Crippen molar-refractivity contribution in [2.45, 2.75) is 25.7 Å². The van der Waals surface area contributed by atoms with Gasteiger partial charge in [0, 0.05) is 19.0 Å². The predicted octanol–water partition coefficient (Wildman–Crippen LogP) is 3.67. The third-order valence-corrected chi connectivity index (χ3v) is 5.86. The summed E-state index contributed by atoms with van der Waals surface area (Å²) in [4.78, 5) is 25.6. The van der Waals surface area contributed by atoms with Crippen LogP contribution in [0.3, 0.4) is 0 Å². The molecule has 6 heteroatoms. The molecule has 1 aliphatic carbocycles. The lowest BCUT2D eigenvalue weighted by Crippen LogP contribution is -2.45. The summed E-state index contributed by atoms with van der Waals surface area (Å²) in [6.45, 7) is 2.94. The van der Waals surface area contributed by atoms with Crippen LogP contribution in [0, 0.1) is 17.8 Å². The molecular weight excluding hydrogens is 337 g/mol. The zero-order valence-electron chi connectivity index (χ0n) is 12.8. The second kappa shape index (κ2) is 6.33. The number of amides is 1. The van der Waals surface area contributed by atoms with E-state index in [2.05, 4.69) is 0 Å². The van der Waals surface area contributed by atoms with Crippen LogP contribution in [0.25, 0.3) is 0 Å². The minimum Gasteiger partial charge on any atom is -0.481 e. The Balaban J connectivity index is 1.65. The Labute approximate surface area is 145 Å². The van der Waals surface area contributed by atoms with Crippen molar-refractivity contribution in [2.75, 3.05) is 13.1 Å². The minimum atomic E-state index is -0.764. The standard InChI is InChI=1S/C17H19Cl2NO3/c1-9-8-20(6-5-10(9)17(22)23)16(21)13-7-12(13)11-3-2-4-14(18)15(11)19/h2-4,9-10,12-13H,5-8H2,1H3,(H,22,23). The largest absolute Gasteiger partial charge is 0.481 e. The summed E-state index contributed by atoms with van der Waals surface area (Å²) in [5.74, 6) is -0.948. The van der Waals surface area contributed by atoms with Gasteiger partial charge in [-0.05, 0) is 36.3 Å². The average molecular weight is 356 g/mol.